The van der Waals surface area contributed by atoms with E-state index in [1.54, 1.807) is 18.4 Å². The molecule has 154 valence electrons. The number of thiophene rings is 1. The molecule has 0 radical (unpaired) electrons. The van der Waals surface area contributed by atoms with Crippen LogP contribution < -0.4 is 12.4 Å². The number of hydrogen-bond donors (Lipinski definition) is 0. The molecule has 0 saturated carbocycles. The number of carbonyl (C=O) groups is 1. The maximum absolute atomic E-state index is 13.0. The summed E-state index contributed by atoms with van der Waals surface area (Å²) < 4.78 is 10.5. The van der Waals surface area contributed by atoms with Crippen LogP contribution in [0.1, 0.15) is 44.9 Å². The largest absolute Gasteiger partial charge is 1.00 e. The summed E-state index contributed by atoms with van der Waals surface area (Å²) in [7, 11) is 1.60. The SMILES string of the molecule is COCCOC(=O)c1c(C)nc2sc3c(c2c1-c1cccc(C)c1)CCCC3.[Cl-]. The highest BCUT2D eigenvalue weighted by molar-refractivity contribution is 7.19. The molecule has 2 heterocycles. The van der Waals surface area contributed by atoms with E-state index >= 15 is 0 Å². The van der Waals surface area contributed by atoms with Crippen LogP contribution in [0.5, 0.6) is 0 Å². The van der Waals surface area contributed by atoms with E-state index in [9.17, 15) is 4.79 Å². The van der Waals surface area contributed by atoms with Gasteiger partial charge in [0.25, 0.3) is 0 Å². The van der Waals surface area contributed by atoms with Crippen molar-refractivity contribution in [1.29, 1.82) is 0 Å². The number of hydrogen-bond acceptors (Lipinski definition) is 5. The summed E-state index contributed by atoms with van der Waals surface area (Å²) in [4.78, 5) is 20.3. The third kappa shape index (κ3) is 4.18. The molecular formula is C23H25ClNO3S-. The van der Waals surface area contributed by atoms with E-state index in [-0.39, 0.29) is 25.0 Å². The zero-order chi connectivity index (χ0) is 19.7. The minimum atomic E-state index is -0.323. The Hall–Kier alpha value is -1.95. The van der Waals surface area contributed by atoms with Crippen LogP contribution in [0.15, 0.2) is 24.3 Å². The number of ether oxygens (including phenoxy) is 2. The van der Waals surface area contributed by atoms with Crippen LogP contribution >= 0.6 is 11.3 Å². The smallest absolute Gasteiger partial charge is 0.340 e. The molecule has 0 unspecified atom stereocenters. The number of aryl methyl sites for hydroxylation is 4. The number of methoxy groups -OCH3 is 1. The van der Waals surface area contributed by atoms with Crippen molar-refractivity contribution < 1.29 is 26.7 Å². The van der Waals surface area contributed by atoms with Crippen molar-refractivity contribution in [2.24, 2.45) is 0 Å². The number of carbonyl (C=O) groups excluding carboxylic acids is 1. The van der Waals surface area contributed by atoms with Crippen molar-refractivity contribution >= 4 is 27.5 Å². The summed E-state index contributed by atoms with van der Waals surface area (Å²) in [6, 6.07) is 8.35. The zero-order valence-electron chi connectivity index (χ0n) is 17.0. The van der Waals surface area contributed by atoms with Crippen molar-refractivity contribution in [3.8, 4) is 11.1 Å². The molecule has 0 atom stereocenters. The number of halogens is 1. The first kappa shape index (κ1) is 21.8. The average molecular weight is 431 g/mol. The highest BCUT2D eigenvalue weighted by atomic mass is 35.5. The summed E-state index contributed by atoms with van der Waals surface area (Å²) in [6.07, 6.45) is 4.57. The van der Waals surface area contributed by atoms with Crippen LogP contribution in [0, 0.1) is 13.8 Å². The quantitative estimate of drug-likeness (QED) is 0.460. The second-order valence-electron chi connectivity index (χ2n) is 7.34. The molecule has 1 aliphatic carbocycles. The van der Waals surface area contributed by atoms with E-state index in [2.05, 4.69) is 25.1 Å². The van der Waals surface area contributed by atoms with Crippen LogP contribution in [0.25, 0.3) is 21.3 Å². The summed E-state index contributed by atoms with van der Waals surface area (Å²) >= 11 is 1.79. The fraction of sp³-hybridized carbons (Fsp3) is 0.391. The maximum Gasteiger partial charge on any atom is 0.340 e. The van der Waals surface area contributed by atoms with Crippen molar-refractivity contribution in [3.63, 3.8) is 0 Å². The van der Waals surface area contributed by atoms with Gasteiger partial charge in [-0.1, -0.05) is 29.8 Å². The summed E-state index contributed by atoms with van der Waals surface area (Å²) in [6.45, 7) is 4.61. The molecular weight excluding hydrogens is 406 g/mol. The lowest BCUT2D eigenvalue weighted by atomic mass is 9.89. The summed E-state index contributed by atoms with van der Waals surface area (Å²) in [5.74, 6) is -0.323. The Morgan fingerprint density at radius 3 is 2.72 bits per heavy atom. The van der Waals surface area contributed by atoms with Gasteiger partial charge in [-0.25, -0.2) is 9.78 Å². The molecule has 0 spiro atoms. The van der Waals surface area contributed by atoms with E-state index in [1.165, 1.54) is 28.8 Å². The summed E-state index contributed by atoms with van der Waals surface area (Å²) in [5, 5.41) is 1.15. The van der Waals surface area contributed by atoms with E-state index < -0.39 is 0 Å². The Morgan fingerprint density at radius 1 is 1.17 bits per heavy atom. The first-order valence-electron chi connectivity index (χ1n) is 9.78. The lowest BCUT2D eigenvalue weighted by molar-refractivity contribution is -0.0000256. The van der Waals surface area contributed by atoms with Crippen molar-refractivity contribution in [2.45, 2.75) is 39.5 Å². The van der Waals surface area contributed by atoms with Gasteiger partial charge >= 0.3 is 5.97 Å². The number of esters is 1. The number of rotatable bonds is 5. The van der Waals surface area contributed by atoms with E-state index in [1.807, 2.05) is 13.0 Å². The standard InChI is InChI=1S/C23H25NO3S.ClH/c1-14-7-6-8-16(13-14)20-19(23(25)27-12-11-26-3)15(2)24-22-21(20)17-9-4-5-10-18(17)28-22;/h6-8,13H,4-5,9-12H2,1-3H3;1H/p-1. The molecule has 0 bridgehead atoms. The topological polar surface area (TPSA) is 48.4 Å². The zero-order valence-corrected chi connectivity index (χ0v) is 18.6. The highest BCUT2D eigenvalue weighted by Gasteiger charge is 2.27. The molecule has 6 heteroatoms. The molecule has 4 nitrogen and oxygen atoms in total. The first-order valence-corrected chi connectivity index (χ1v) is 10.6. The van der Waals surface area contributed by atoms with Crippen LogP contribution in [-0.2, 0) is 22.3 Å². The molecule has 3 aromatic rings. The molecule has 29 heavy (non-hydrogen) atoms. The monoisotopic (exact) mass is 430 g/mol. The van der Waals surface area contributed by atoms with Gasteiger partial charge in [-0.05, 0) is 50.7 Å². The molecule has 1 aliphatic rings. The van der Waals surface area contributed by atoms with Crippen LogP contribution in [-0.4, -0.2) is 31.3 Å². The number of aromatic nitrogens is 1. The second-order valence-corrected chi connectivity index (χ2v) is 8.42. The van der Waals surface area contributed by atoms with Crippen LogP contribution in [0.4, 0.5) is 0 Å². The van der Waals surface area contributed by atoms with Gasteiger partial charge in [-0.2, -0.15) is 0 Å². The lowest BCUT2D eigenvalue weighted by Crippen LogP contribution is -3.00. The third-order valence-electron chi connectivity index (χ3n) is 5.32. The lowest BCUT2D eigenvalue weighted by Gasteiger charge is -2.17. The molecule has 0 N–H and O–H groups in total. The molecule has 2 aromatic heterocycles. The Bertz CT molecular complexity index is 1040. The minimum Gasteiger partial charge on any atom is -1.00 e. The van der Waals surface area contributed by atoms with Gasteiger partial charge in [-0.3, -0.25) is 0 Å². The normalized spacial score (nSPS) is 13.1. The van der Waals surface area contributed by atoms with Crippen molar-refractivity contribution in [3.05, 3.63) is 51.5 Å². The fourth-order valence-corrected chi connectivity index (χ4v) is 5.35. The van der Waals surface area contributed by atoms with E-state index in [0.717, 1.165) is 39.9 Å². The number of benzene rings is 1. The second kappa shape index (κ2) is 9.24. The van der Waals surface area contributed by atoms with E-state index in [0.29, 0.717) is 12.2 Å². The number of nitrogens with zero attached hydrogens (tertiary/aromatic N) is 1. The third-order valence-corrected chi connectivity index (χ3v) is 6.50. The molecule has 0 amide bonds. The van der Waals surface area contributed by atoms with Gasteiger partial charge in [0.15, 0.2) is 0 Å². The molecule has 1 aromatic carbocycles. The average Bonchev–Trinajstić information content (AvgIpc) is 3.04. The molecule has 4 rings (SSSR count). The highest BCUT2D eigenvalue weighted by Crippen LogP contribution is 2.43. The molecule has 0 aliphatic heterocycles. The Kier molecular flexibility index (Phi) is 6.93. The van der Waals surface area contributed by atoms with Gasteiger partial charge < -0.3 is 21.9 Å². The molecule has 0 saturated heterocycles. The van der Waals surface area contributed by atoms with Crippen LogP contribution in [0.2, 0.25) is 0 Å². The summed E-state index contributed by atoms with van der Waals surface area (Å²) in [5.41, 5.74) is 5.89. The van der Waals surface area contributed by atoms with Crippen molar-refractivity contribution in [1.82, 2.24) is 4.98 Å². The van der Waals surface area contributed by atoms with Gasteiger partial charge in [0.1, 0.15) is 11.4 Å². The predicted octanol–water partition coefficient (Wildman–Crippen LogP) is 2.27. The number of pyridine rings is 1. The van der Waals surface area contributed by atoms with Gasteiger partial charge in [-0.15, -0.1) is 11.3 Å². The Labute approximate surface area is 181 Å². The first-order chi connectivity index (χ1) is 13.6. The van der Waals surface area contributed by atoms with Crippen molar-refractivity contribution in [2.75, 3.05) is 20.3 Å². The maximum atomic E-state index is 13.0. The Balaban J connectivity index is 0.00000240. The van der Waals surface area contributed by atoms with Crippen LogP contribution in [0.3, 0.4) is 0 Å². The van der Waals surface area contributed by atoms with Gasteiger partial charge in [0, 0.05) is 22.9 Å². The molecule has 0 fully saturated rings. The number of fused-ring (bicyclic) bond motifs is 3. The fourth-order valence-electron chi connectivity index (χ4n) is 4.03. The Morgan fingerprint density at radius 2 is 1.97 bits per heavy atom. The van der Waals surface area contributed by atoms with E-state index in [4.69, 9.17) is 14.5 Å². The van der Waals surface area contributed by atoms with Gasteiger partial charge in [0.05, 0.1) is 17.9 Å². The van der Waals surface area contributed by atoms with Gasteiger partial charge in [0.2, 0.25) is 0 Å². The predicted molar refractivity (Wildman–Crippen MR) is 113 cm³/mol. The minimum absolute atomic E-state index is 0.